The largest absolute Gasteiger partial charge is 0.417 e. The molecule has 0 unspecified atom stereocenters. The fraction of sp³-hybridized carbons (Fsp3) is 0.143. The van der Waals surface area contributed by atoms with Gasteiger partial charge in [-0.15, -0.1) is 0 Å². The Morgan fingerprint density at radius 1 is 1.09 bits per heavy atom. The first-order valence-electron chi connectivity index (χ1n) is 6.16. The van der Waals surface area contributed by atoms with Crippen LogP contribution in [-0.2, 0) is 16.2 Å². The van der Waals surface area contributed by atoms with Gasteiger partial charge in [-0.2, -0.15) is 13.2 Å². The molecule has 9 heteroatoms. The third-order valence-corrected chi connectivity index (χ3v) is 5.05. The van der Waals surface area contributed by atoms with Crippen molar-refractivity contribution in [3.63, 3.8) is 0 Å². The van der Waals surface area contributed by atoms with Crippen molar-refractivity contribution in [1.82, 2.24) is 0 Å². The molecular formula is C14H10BrF4NO2S. The minimum absolute atomic E-state index is 0.0403. The van der Waals surface area contributed by atoms with E-state index in [1.165, 1.54) is 6.07 Å². The topological polar surface area (TPSA) is 46.2 Å². The second kappa shape index (κ2) is 6.12. The minimum atomic E-state index is -4.71. The summed E-state index contributed by atoms with van der Waals surface area (Å²) in [5, 5.41) is 0. The van der Waals surface area contributed by atoms with Crippen LogP contribution in [0.1, 0.15) is 11.1 Å². The normalized spacial score (nSPS) is 12.3. The molecule has 0 aliphatic heterocycles. The van der Waals surface area contributed by atoms with Crippen molar-refractivity contribution >= 4 is 31.6 Å². The minimum Gasteiger partial charge on any atom is -0.279 e. The Morgan fingerprint density at radius 3 is 2.35 bits per heavy atom. The predicted octanol–water partition coefficient (Wildman–Crippen LogP) is 4.72. The highest BCUT2D eigenvalue weighted by molar-refractivity contribution is 9.10. The van der Waals surface area contributed by atoms with Gasteiger partial charge in [0.2, 0.25) is 0 Å². The van der Waals surface area contributed by atoms with Gasteiger partial charge in [0.05, 0.1) is 16.1 Å². The van der Waals surface area contributed by atoms with Crippen LogP contribution >= 0.6 is 15.9 Å². The summed E-state index contributed by atoms with van der Waals surface area (Å²) >= 11 is 2.74. The lowest BCUT2D eigenvalue weighted by molar-refractivity contribution is -0.138. The number of benzene rings is 2. The van der Waals surface area contributed by atoms with Crippen molar-refractivity contribution in [3.8, 4) is 0 Å². The van der Waals surface area contributed by atoms with Gasteiger partial charge in [0.15, 0.2) is 0 Å². The van der Waals surface area contributed by atoms with Crippen LogP contribution in [0.5, 0.6) is 0 Å². The zero-order valence-corrected chi connectivity index (χ0v) is 14.0. The number of hydrogen-bond acceptors (Lipinski definition) is 2. The number of halogens is 5. The Balaban J connectivity index is 2.46. The fourth-order valence-electron chi connectivity index (χ4n) is 1.80. The zero-order chi connectivity index (χ0) is 17.4. The molecule has 0 spiro atoms. The van der Waals surface area contributed by atoms with Crippen LogP contribution in [0.25, 0.3) is 0 Å². The number of alkyl halides is 3. The average molecular weight is 412 g/mol. The van der Waals surface area contributed by atoms with Crippen LogP contribution in [0.2, 0.25) is 0 Å². The molecule has 2 rings (SSSR count). The van der Waals surface area contributed by atoms with E-state index in [-0.39, 0.29) is 10.2 Å². The second-order valence-corrected chi connectivity index (χ2v) is 7.24. The quantitative estimate of drug-likeness (QED) is 0.742. The summed E-state index contributed by atoms with van der Waals surface area (Å²) < 4.78 is 78.1. The molecule has 0 atom stereocenters. The number of anilines is 1. The van der Waals surface area contributed by atoms with Gasteiger partial charge in [-0.05, 0) is 42.8 Å². The van der Waals surface area contributed by atoms with Gasteiger partial charge in [-0.25, -0.2) is 12.8 Å². The smallest absolute Gasteiger partial charge is 0.279 e. The Bertz CT molecular complexity index is 850. The first kappa shape index (κ1) is 17.7. The molecule has 0 bridgehead atoms. The summed E-state index contributed by atoms with van der Waals surface area (Å²) in [5.74, 6) is -0.667. The molecule has 0 fully saturated rings. The summed E-state index contributed by atoms with van der Waals surface area (Å²) in [5.41, 5.74) is -0.721. The first-order chi connectivity index (χ1) is 10.5. The Labute approximate surface area is 138 Å². The van der Waals surface area contributed by atoms with Crippen LogP contribution < -0.4 is 4.72 Å². The summed E-state index contributed by atoms with van der Waals surface area (Å²) in [6.45, 7) is 1.54. The number of sulfonamides is 1. The highest BCUT2D eigenvalue weighted by atomic mass is 79.9. The molecule has 0 heterocycles. The molecule has 0 aliphatic carbocycles. The molecule has 23 heavy (non-hydrogen) atoms. The third-order valence-electron chi connectivity index (χ3n) is 3.00. The highest BCUT2D eigenvalue weighted by Crippen LogP contribution is 2.36. The van der Waals surface area contributed by atoms with Gasteiger partial charge >= 0.3 is 6.18 Å². The van der Waals surface area contributed by atoms with E-state index in [4.69, 9.17) is 0 Å². The Morgan fingerprint density at radius 2 is 1.74 bits per heavy atom. The van der Waals surface area contributed by atoms with Gasteiger partial charge in [0.25, 0.3) is 10.0 Å². The third kappa shape index (κ3) is 4.03. The molecule has 2 aromatic rings. The summed E-state index contributed by atoms with van der Waals surface area (Å²) in [6.07, 6.45) is -4.71. The Hall–Kier alpha value is -1.61. The molecule has 0 aromatic heterocycles. The van der Waals surface area contributed by atoms with Crippen molar-refractivity contribution in [2.45, 2.75) is 18.0 Å². The van der Waals surface area contributed by atoms with Crippen molar-refractivity contribution in [2.75, 3.05) is 4.72 Å². The molecular weight excluding hydrogens is 402 g/mol. The van der Waals surface area contributed by atoms with E-state index in [0.29, 0.717) is 11.6 Å². The van der Waals surface area contributed by atoms with E-state index in [0.717, 1.165) is 24.3 Å². The monoisotopic (exact) mass is 411 g/mol. The molecule has 3 nitrogen and oxygen atoms in total. The van der Waals surface area contributed by atoms with E-state index >= 15 is 0 Å². The zero-order valence-electron chi connectivity index (χ0n) is 11.6. The van der Waals surface area contributed by atoms with Gasteiger partial charge < -0.3 is 0 Å². The van der Waals surface area contributed by atoms with E-state index in [1.54, 1.807) is 6.92 Å². The van der Waals surface area contributed by atoms with Crippen LogP contribution in [0.15, 0.2) is 45.8 Å². The van der Waals surface area contributed by atoms with Crippen LogP contribution in [0, 0.1) is 12.7 Å². The second-order valence-electron chi connectivity index (χ2n) is 4.70. The van der Waals surface area contributed by atoms with Crippen molar-refractivity contribution < 1.29 is 26.0 Å². The maximum Gasteiger partial charge on any atom is 0.417 e. The summed E-state index contributed by atoms with van der Waals surface area (Å²) in [4.78, 5) is -0.573. The lowest BCUT2D eigenvalue weighted by atomic mass is 10.2. The molecule has 0 saturated carbocycles. The predicted molar refractivity (Wildman–Crippen MR) is 81.1 cm³/mol. The van der Waals surface area contributed by atoms with E-state index in [1.807, 2.05) is 0 Å². The van der Waals surface area contributed by atoms with E-state index < -0.39 is 32.5 Å². The summed E-state index contributed by atoms with van der Waals surface area (Å²) in [6, 6.07) is 5.99. The van der Waals surface area contributed by atoms with E-state index in [9.17, 15) is 26.0 Å². The SMILES string of the molecule is Cc1ccc(F)cc1NS(=O)(=O)c1ccc(Br)c(C(F)(F)F)c1. The number of rotatable bonds is 3. The van der Waals surface area contributed by atoms with Crippen molar-refractivity contribution in [1.29, 1.82) is 0 Å². The maximum absolute atomic E-state index is 13.2. The molecule has 124 valence electrons. The molecule has 0 radical (unpaired) electrons. The van der Waals surface area contributed by atoms with E-state index in [2.05, 4.69) is 20.7 Å². The molecule has 2 aromatic carbocycles. The van der Waals surface area contributed by atoms with Crippen molar-refractivity contribution in [3.05, 3.63) is 57.8 Å². The van der Waals surface area contributed by atoms with Crippen molar-refractivity contribution in [2.24, 2.45) is 0 Å². The van der Waals surface area contributed by atoms with Gasteiger partial charge in [-0.3, -0.25) is 4.72 Å². The molecule has 0 saturated heterocycles. The fourth-order valence-corrected chi connectivity index (χ4v) is 3.42. The Kier molecular flexibility index (Phi) is 4.72. The first-order valence-corrected chi connectivity index (χ1v) is 8.44. The van der Waals surface area contributed by atoms with Crippen LogP contribution in [0.3, 0.4) is 0 Å². The number of aryl methyl sites for hydroxylation is 1. The van der Waals surface area contributed by atoms with Gasteiger partial charge in [-0.1, -0.05) is 22.0 Å². The maximum atomic E-state index is 13.2. The number of nitrogens with one attached hydrogen (secondary N) is 1. The summed E-state index contributed by atoms with van der Waals surface area (Å²) in [7, 11) is -4.29. The van der Waals surface area contributed by atoms with Crippen LogP contribution in [0.4, 0.5) is 23.2 Å². The van der Waals surface area contributed by atoms with Gasteiger partial charge in [0.1, 0.15) is 5.82 Å². The molecule has 1 N–H and O–H groups in total. The lowest BCUT2D eigenvalue weighted by Gasteiger charge is -2.13. The number of hydrogen-bond donors (Lipinski definition) is 1. The highest BCUT2D eigenvalue weighted by Gasteiger charge is 2.34. The molecule has 0 amide bonds. The average Bonchev–Trinajstić information content (AvgIpc) is 2.41. The lowest BCUT2D eigenvalue weighted by Crippen LogP contribution is -2.15. The molecule has 0 aliphatic rings. The standard InChI is InChI=1S/C14H10BrF4NO2S/c1-8-2-3-9(16)6-13(8)20-23(21,22)10-4-5-12(15)11(7-10)14(17,18)19/h2-7,20H,1H3. The van der Waals surface area contributed by atoms with Crippen LogP contribution in [-0.4, -0.2) is 8.42 Å². The van der Waals surface area contributed by atoms with Gasteiger partial charge in [0, 0.05) is 4.47 Å².